The smallest absolute Gasteiger partial charge is 0.285 e. The molecule has 0 spiro atoms. The molecule has 0 unspecified atom stereocenters. The Hall–Kier alpha value is -3.07. The van der Waals surface area contributed by atoms with Gasteiger partial charge in [-0.05, 0) is 12.1 Å². The fraction of sp³-hybridized carbons (Fsp3) is 0.176. The number of carbonyl (C=O) groups is 1. The highest BCUT2D eigenvalue weighted by molar-refractivity contribution is 7.11. The molecule has 1 aromatic carbocycles. The number of imidazole rings is 1. The largest absolute Gasteiger partial charge is 0.455 e. The molecule has 4 aromatic rings. The molecule has 0 saturated carbocycles. The minimum absolute atomic E-state index is 0.175. The second-order valence-electron chi connectivity index (χ2n) is 5.97. The summed E-state index contributed by atoms with van der Waals surface area (Å²) < 4.78 is 19.9. The summed E-state index contributed by atoms with van der Waals surface area (Å²) in [5.41, 5.74) is 3.34. The number of furan rings is 1. The molecule has 0 bridgehead atoms. The predicted molar refractivity (Wildman–Crippen MR) is 91.3 cm³/mol. The van der Waals surface area contributed by atoms with Crippen molar-refractivity contribution in [2.75, 3.05) is 6.54 Å². The normalized spacial score (nSPS) is 16.8. The maximum atomic E-state index is 14.1. The van der Waals surface area contributed by atoms with Crippen LogP contribution in [-0.4, -0.2) is 37.5 Å². The molecule has 9 heteroatoms. The monoisotopic (exact) mass is 369 g/mol. The van der Waals surface area contributed by atoms with Gasteiger partial charge >= 0.3 is 0 Å². The average molecular weight is 369 g/mol. The number of aromatic nitrogens is 4. The van der Waals surface area contributed by atoms with Crippen LogP contribution in [0.25, 0.3) is 11.0 Å². The molecule has 0 saturated heterocycles. The third-order valence-electron chi connectivity index (χ3n) is 4.51. The number of aromatic amines is 1. The molecule has 1 aliphatic heterocycles. The number of H-pyrrole nitrogens is 1. The summed E-state index contributed by atoms with van der Waals surface area (Å²) in [4.78, 5) is 22.1. The lowest BCUT2D eigenvalue weighted by Gasteiger charge is -2.33. The maximum Gasteiger partial charge on any atom is 0.285 e. The van der Waals surface area contributed by atoms with Gasteiger partial charge in [0, 0.05) is 24.0 Å². The van der Waals surface area contributed by atoms with Crippen LogP contribution < -0.4 is 0 Å². The van der Waals surface area contributed by atoms with E-state index >= 15 is 0 Å². The number of fused-ring (bicyclic) bond motifs is 2. The molecule has 1 aliphatic rings. The number of hydrogen-bond acceptors (Lipinski definition) is 6. The Morgan fingerprint density at radius 1 is 1.42 bits per heavy atom. The van der Waals surface area contributed by atoms with E-state index in [4.69, 9.17) is 4.42 Å². The topological polar surface area (TPSA) is 87.9 Å². The third-order valence-corrected chi connectivity index (χ3v) is 5.19. The molecule has 1 amide bonds. The quantitative estimate of drug-likeness (QED) is 0.587. The van der Waals surface area contributed by atoms with Crippen molar-refractivity contribution in [2.45, 2.75) is 12.5 Å². The Morgan fingerprint density at radius 2 is 2.35 bits per heavy atom. The molecule has 3 aromatic heterocycles. The minimum atomic E-state index is -0.548. The summed E-state index contributed by atoms with van der Waals surface area (Å²) in [5.74, 6) is -0.211. The van der Waals surface area contributed by atoms with Crippen molar-refractivity contribution in [2.24, 2.45) is 0 Å². The number of nitrogens with zero attached hydrogens (tertiary/aromatic N) is 4. The van der Waals surface area contributed by atoms with Gasteiger partial charge in [-0.25, -0.2) is 9.37 Å². The second-order valence-corrected chi connectivity index (χ2v) is 6.80. The number of carbonyl (C=O) groups excluding carboxylic acids is 1. The van der Waals surface area contributed by atoms with Crippen LogP contribution in [0, 0.1) is 5.82 Å². The number of hydrogen-bond donors (Lipinski definition) is 1. The van der Waals surface area contributed by atoms with Gasteiger partial charge in [-0.3, -0.25) is 4.79 Å². The van der Waals surface area contributed by atoms with Crippen molar-refractivity contribution < 1.29 is 13.6 Å². The summed E-state index contributed by atoms with van der Waals surface area (Å²) in [6, 6.07) is 5.96. The van der Waals surface area contributed by atoms with Gasteiger partial charge in [0.25, 0.3) is 5.91 Å². The van der Waals surface area contributed by atoms with Crippen LogP contribution in [0.3, 0.4) is 0 Å². The third kappa shape index (κ3) is 2.24. The molecule has 26 heavy (non-hydrogen) atoms. The van der Waals surface area contributed by atoms with Crippen LogP contribution in [0.5, 0.6) is 0 Å². The zero-order valence-corrected chi connectivity index (χ0v) is 14.2. The fourth-order valence-electron chi connectivity index (χ4n) is 3.35. The van der Waals surface area contributed by atoms with E-state index in [1.807, 2.05) is 0 Å². The predicted octanol–water partition coefficient (Wildman–Crippen LogP) is 2.93. The van der Waals surface area contributed by atoms with Crippen LogP contribution in [0.4, 0.5) is 4.39 Å². The van der Waals surface area contributed by atoms with Gasteiger partial charge < -0.3 is 14.3 Å². The number of halogens is 1. The molecular weight excluding hydrogens is 357 g/mol. The van der Waals surface area contributed by atoms with Crippen LogP contribution in [0.1, 0.15) is 33.0 Å². The lowest BCUT2D eigenvalue weighted by atomic mass is 10.00. The molecule has 0 aliphatic carbocycles. The van der Waals surface area contributed by atoms with Gasteiger partial charge in [0.1, 0.15) is 17.3 Å². The van der Waals surface area contributed by atoms with Crippen LogP contribution in [-0.2, 0) is 6.42 Å². The molecule has 0 fully saturated rings. The minimum Gasteiger partial charge on any atom is -0.455 e. The highest BCUT2D eigenvalue weighted by atomic mass is 32.1. The first kappa shape index (κ1) is 15.2. The lowest BCUT2D eigenvalue weighted by Crippen LogP contribution is -2.40. The number of benzene rings is 1. The van der Waals surface area contributed by atoms with Gasteiger partial charge in [0.2, 0.25) is 5.01 Å². The summed E-state index contributed by atoms with van der Waals surface area (Å²) in [6.45, 7) is 0.470. The second kappa shape index (κ2) is 5.73. The van der Waals surface area contributed by atoms with Gasteiger partial charge in [0.15, 0.2) is 11.4 Å². The van der Waals surface area contributed by atoms with Crippen LogP contribution in [0.15, 0.2) is 40.5 Å². The lowest BCUT2D eigenvalue weighted by molar-refractivity contribution is 0.0671. The van der Waals surface area contributed by atoms with E-state index in [0.29, 0.717) is 34.8 Å². The van der Waals surface area contributed by atoms with Crippen LogP contribution in [0.2, 0.25) is 0 Å². The fourth-order valence-corrected chi connectivity index (χ4v) is 3.86. The van der Waals surface area contributed by atoms with Crippen molar-refractivity contribution in [1.29, 1.82) is 0 Å². The molecule has 5 rings (SSSR count). The van der Waals surface area contributed by atoms with E-state index in [2.05, 4.69) is 20.2 Å². The van der Waals surface area contributed by atoms with Crippen molar-refractivity contribution in [3.63, 3.8) is 0 Å². The summed E-state index contributed by atoms with van der Waals surface area (Å²) in [5, 5.41) is 8.57. The molecule has 130 valence electrons. The SMILES string of the molecule is O=C(c1nncs1)N1CCc2[nH]cnc2[C@@H]1c1cc2cccc(F)c2o1. The Labute approximate surface area is 150 Å². The van der Waals surface area contributed by atoms with Gasteiger partial charge in [-0.15, -0.1) is 10.2 Å². The average Bonchev–Trinajstić information content (AvgIpc) is 3.39. The van der Waals surface area contributed by atoms with E-state index in [9.17, 15) is 9.18 Å². The summed E-state index contributed by atoms with van der Waals surface area (Å²) in [6.07, 6.45) is 2.24. The molecule has 7 nitrogen and oxygen atoms in total. The van der Waals surface area contributed by atoms with E-state index in [-0.39, 0.29) is 11.5 Å². The van der Waals surface area contributed by atoms with E-state index < -0.39 is 11.9 Å². The number of para-hydroxylation sites is 1. The van der Waals surface area contributed by atoms with Crippen molar-refractivity contribution in [3.05, 3.63) is 64.1 Å². The van der Waals surface area contributed by atoms with Gasteiger partial charge in [0.05, 0.1) is 12.0 Å². The van der Waals surface area contributed by atoms with E-state index in [1.54, 1.807) is 29.4 Å². The first-order chi connectivity index (χ1) is 12.7. The Balaban J connectivity index is 1.66. The highest BCUT2D eigenvalue weighted by Crippen LogP contribution is 2.37. The molecule has 0 radical (unpaired) electrons. The van der Waals surface area contributed by atoms with Gasteiger partial charge in [-0.2, -0.15) is 0 Å². The van der Waals surface area contributed by atoms with Crippen molar-refractivity contribution >= 4 is 28.2 Å². The van der Waals surface area contributed by atoms with Gasteiger partial charge in [-0.1, -0.05) is 23.5 Å². The van der Waals surface area contributed by atoms with Crippen molar-refractivity contribution in [1.82, 2.24) is 25.1 Å². The summed E-state index contributed by atoms with van der Waals surface area (Å²) in [7, 11) is 0. The highest BCUT2D eigenvalue weighted by Gasteiger charge is 2.37. The van der Waals surface area contributed by atoms with E-state index in [0.717, 1.165) is 5.69 Å². The van der Waals surface area contributed by atoms with Crippen molar-refractivity contribution in [3.8, 4) is 0 Å². The first-order valence-corrected chi connectivity index (χ1v) is 8.87. The standard InChI is InChI=1S/C17H12FN5O2S/c18-10-3-1-2-9-6-12(25-15(9)10)14-13-11(19-7-20-13)4-5-23(14)17(24)16-22-21-8-26-16/h1-3,6-8,14H,4-5H2,(H,19,20)/t14-/m0/s1. The van der Waals surface area contributed by atoms with Crippen LogP contribution >= 0.6 is 11.3 Å². The zero-order chi connectivity index (χ0) is 17.7. The molecule has 1 atom stereocenters. The zero-order valence-electron chi connectivity index (χ0n) is 13.3. The summed E-state index contributed by atoms with van der Waals surface area (Å²) >= 11 is 1.18. The molecular formula is C17H12FN5O2S. The first-order valence-electron chi connectivity index (χ1n) is 7.99. The Bertz CT molecular complexity index is 1100. The number of rotatable bonds is 2. The Kier molecular flexibility index (Phi) is 3.35. The molecule has 4 heterocycles. The number of amides is 1. The maximum absolute atomic E-state index is 14.1. The van der Waals surface area contributed by atoms with E-state index in [1.165, 1.54) is 22.9 Å². The Morgan fingerprint density at radius 3 is 3.15 bits per heavy atom. The molecule has 1 N–H and O–H groups in total. The number of nitrogens with one attached hydrogen (secondary N) is 1.